The number of nitrogens with one attached hydrogen (secondary N) is 1. The zero-order valence-corrected chi connectivity index (χ0v) is 27.8. The predicted octanol–water partition coefficient (Wildman–Crippen LogP) is 6.57. The van der Waals surface area contributed by atoms with Crippen molar-refractivity contribution >= 4 is 59.4 Å². The Morgan fingerprint density at radius 3 is 1.95 bits per heavy atom. The van der Waals surface area contributed by atoms with Gasteiger partial charge in [0.05, 0.1) is 10.6 Å². The van der Waals surface area contributed by atoms with Crippen LogP contribution in [-0.2, 0) is 32.6 Å². The van der Waals surface area contributed by atoms with Crippen molar-refractivity contribution in [3.05, 3.63) is 129 Å². The SMILES string of the molecule is CC(C)NC(=O)[C@H](Cc1ccccc1)N(Cc1cccc(Br)c1)C(=O)CN(c1cccc(Br)c1)S(=O)(=O)c1ccccc1. The molecule has 0 aliphatic carbocycles. The number of hydrogen-bond acceptors (Lipinski definition) is 4. The molecule has 0 saturated carbocycles. The summed E-state index contributed by atoms with van der Waals surface area (Å²) in [6, 6.07) is 30.7. The molecule has 0 fully saturated rings. The highest BCUT2D eigenvalue weighted by Crippen LogP contribution is 2.27. The number of rotatable bonds is 12. The van der Waals surface area contributed by atoms with E-state index in [2.05, 4.69) is 37.2 Å². The second-order valence-electron chi connectivity index (χ2n) is 10.3. The molecule has 0 aliphatic heterocycles. The lowest BCUT2D eigenvalue weighted by Crippen LogP contribution is -2.54. The average molecular weight is 728 g/mol. The standard InChI is InChI=1S/C33H33Br2N3O4S/c1-24(2)36-33(40)31(20-25-11-5-3-6-12-25)37(22-26-13-9-14-27(34)19-26)32(39)23-38(29-16-10-15-28(35)21-29)43(41,42)30-17-7-4-8-18-30/h3-19,21,24,31H,20,22-23H2,1-2H3,(H,36,40)/t31-/m0/s1. The molecule has 43 heavy (non-hydrogen) atoms. The van der Waals surface area contributed by atoms with Gasteiger partial charge in [-0.2, -0.15) is 0 Å². The first-order valence-electron chi connectivity index (χ1n) is 13.8. The van der Waals surface area contributed by atoms with Crippen LogP contribution in [-0.4, -0.2) is 43.8 Å². The number of carbonyl (C=O) groups is 2. The van der Waals surface area contributed by atoms with E-state index in [1.54, 1.807) is 42.5 Å². The quantitative estimate of drug-likeness (QED) is 0.179. The minimum atomic E-state index is -4.15. The lowest BCUT2D eigenvalue weighted by Gasteiger charge is -2.34. The summed E-state index contributed by atoms with van der Waals surface area (Å²) < 4.78 is 30.6. The number of amides is 2. The predicted molar refractivity (Wildman–Crippen MR) is 177 cm³/mol. The van der Waals surface area contributed by atoms with Gasteiger partial charge in [-0.25, -0.2) is 8.42 Å². The fourth-order valence-corrected chi connectivity index (χ4v) is 6.91. The van der Waals surface area contributed by atoms with Crippen molar-refractivity contribution in [3.8, 4) is 0 Å². The van der Waals surface area contributed by atoms with Crippen LogP contribution in [0.25, 0.3) is 0 Å². The number of nitrogens with zero attached hydrogens (tertiary/aromatic N) is 2. The maximum Gasteiger partial charge on any atom is 0.264 e. The van der Waals surface area contributed by atoms with Gasteiger partial charge in [0.2, 0.25) is 11.8 Å². The number of benzene rings is 4. The zero-order chi connectivity index (χ0) is 31.0. The van der Waals surface area contributed by atoms with Gasteiger partial charge in [-0.05, 0) is 67.4 Å². The van der Waals surface area contributed by atoms with Crippen molar-refractivity contribution in [1.29, 1.82) is 0 Å². The van der Waals surface area contributed by atoms with Crippen LogP contribution in [0.4, 0.5) is 5.69 Å². The van der Waals surface area contributed by atoms with Crippen molar-refractivity contribution in [2.75, 3.05) is 10.8 Å². The van der Waals surface area contributed by atoms with E-state index in [1.807, 2.05) is 68.4 Å². The molecule has 4 aromatic carbocycles. The molecule has 2 amide bonds. The summed E-state index contributed by atoms with van der Waals surface area (Å²) >= 11 is 6.92. The molecule has 224 valence electrons. The summed E-state index contributed by atoms with van der Waals surface area (Å²) in [5.41, 5.74) is 1.98. The number of hydrogen-bond donors (Lipinski definition) is 1. The molecule has 0 aromatic heterocycles. The van der Waals surface area contributed by atoms with Gasteiger partial charge in [-0.15, -0.1) is 0 Å². The van der Waals surface area contributed by atoms with E-state index in [-0.39, 0.29) is 29.8 Å². The van der Waals surface area contributed by atoms with Crippen LogP contribution in [0.2, 0.25) is 0 Å². The molecule has 0 radical (unpaired) electrons. The Bertz CT molecular complexity index is 1650. The fraction of sp³-hybridized carbons (Fsp3) is 0.212. The van der Waals surface area contributed by atoms with E-state index >= 15 is 0 Å². The molecule has 1 N–H and O–H groups in total. The minimum absolute atomic E-state index is 0.0553. The topological polar surface area (TPSA) is 86.8 Å². The van der Waals surface area contributed by atoms with Crippen molar-refractivity contribution in [2.24, 2.45) is 0 Å². The van der Waals surface area contributed by atoms with Gasteiger partial charge < -0.3 is 10.2 Å². The third-order valence-electron chi connectivity index (χ3n) is 6.65. The number of halogens is 2. The number of carbonyl (C=O) groups excluding carboxylic acids is 2. The fourth-order valence-electron chi connectivity index (χ4n) is 4.65. The molecule has 0 heterocycles. The first-order valence-corrected chi connectivity index (χ1v) is 16.8. The molecule has 1 atom stereocenters. The smallest absolute Gasteiger partial charge is 0.264 e. The Balaban J connectivity index is 1.80. The zero-order valence-electron chi connectivity index (χ0n) is 23.9. The third-order valence-corrected chi connectivity index (χ3v) is 9.42. The Morgan fingerprint density at radius 1 is 0.767 bits per heavy atom. The maximum atomic E-state index is 14.4. The van der Waals surface area contributed by atoms with E-state index in [0.29, 0.717) is 10.2 Å². The second kappa shape index (κ2) is 14.8. The van der Waals surface area contributed by atoms with E-state index in [4.69, 9.17) is 0 Å². The van der Waals surface area contributed by atoms with Crippen LogP contribution in [0.5, 0.6) is 0 Å². The minimum Gasteiger partial charge on any atom is -0.352 e. The summed E-state index contributed by atoms with van der Waals surface area (Å²) in [4.78, 5) is 29.7. The molecule has 7 nitrogen and oxygen atoms in total. The lowest BCUT2D eigenvalue weighted by atomic mass is 10.0. The van der Waals surface area contributed by atoms with Gasteiger partial charge in [0, 0.05) is 28.0 Å². The molecular weight excluding hydrogens is 694 g/mol. The van der Waals surface area contributed by atoms with E-state index < -0.39 is 28.5 Å². The highest BCUT2D eigenvalue weighted by atomic mass is 79.9. The monoisotopic (exact) mass is 725 g/mol. The van der Waals surface area contributed by atoms with E-state index in [0.717, 1.165) is 19.9 Å². The van der Waals surface area contributed by atoms with Gasteiger partial charge in [0.1, 0.15) is 12.6 Å². The lowest BCUT2D eigenvalue weighted by molar-refractivity contribution is -0.140. The van der Waals surface area contributed by atoms with Crippen LogP contribution in [0.15, 0.2) is 123 Å². The second-order valence-corrected chi connectivity index (χ2v) is 14.0. The molecule has 4 rings (SSSR count). The van der Waals surface area contributed by atoms with Crippen LogP contribution >= 0.6 is 31.9 Å². The maximum absolute atomic E-state index is 14.4. The number of sulfonamides is 1. The summed E-state index contributed by atoms with van der Waals surface area (Å²) in [6.45, 7) is 3.31. The summed E-state index contributed by atoms with van der Waals surface area (Å²) in [5.74, 6) is -0.832. The largest absolute Gasteiger partial charge is 0.352 e. The molecule has 0 saturated heterocycles. The normalized spacial score (nSPS) is 12.0. The summed E-state index contributed by atoms with van der Waals surface area (Å²) in [6.07, 6.45) is 0.251. The Hall–Kier alpha value is -3.47. The van der Waals surface area contributed by atoms with Gasteiger partial charge >= 0.3 is 0 Å². The molecule has 0 spiro atoms. The Labute approximate surface area is 270 Å². The van der Waals surface area contributed by atoms with Gasteiger partial charge in [-0.1, -0.05) is 98.6 Å². The van der Waals surface area contributed by atoms with Crippen LogP contribution < -0.4 is 9.62 Å². The van der Waals surface area contributed by atoms with Crippen molar-refractivity contribution < 1.29 is 18.0 Å². The Morgan fingerprint density at radius 2 is 1.35 bits per heavy atom. The van der Waals surface area contributed by atoms with Crippen molar-refractivity contribution in [3.63, 3.8) is 0 Å². The number of anilines is 1. The molecule has 0 aliphatic rings. The highest BCUT2D eigenvalue weighted by Gasteiger charge is 2.34. The van der Waals surface area contributed by atoms with Gasteiger partial charge in [0.25, 0.3) is 10.0 Å². The first-order chi connectivity index (χ1) is 20.5. The van der Waals surface area contributed by atoms with Crippen LogP contribution in [0.1, 0.15) is 25.0 Å². The molecule has 0 bridgehead atoms. The van der Waals surface area contributed by atoms with Crippen molar-refractivity contribution in [2.45, 2.75) is 43.8 Å². The Kier molecular flexibility index (Phi) is 11.2. The van der Waals surface area contributed by atoms with Crippen LogP contribution in [0.3, 0.4) is 0 Å². The molecular formula is C33H33Br2N3O4S. The molecule has 10 heteroatoms. The summed E-state index contributed by atoms with van der Waals surface area (Å²) in [5, 5.41) is 2.96. The highest BCUT2D eigenvalue weighted by molar-refractivity contribution is 9.10. The molecule has 4 aromatic rings. The first kappa shape index (κ1) is 32.4. The van der Waals surface area contributed by atoms with E-state index in [9.17, 15) is 18.0 Å². The molecule has 0 unspecified atom stereocenters. The third kappa shape index (κ3) is 8.78. The van der Waals surface area contributed by atoms with Crippen LogP contribution in [0, 0.1) is 0 Å². The van der Waals surface area contributed by atoms with Crippen molar-refractivity contribution in [1.82, 2.24) is 10.2 Å². The van der Waals surface area contributed by atoms with E-state index in [1.165, 1.54) is 17.0 Å². The van der Waals surface area contributed by atoms with Gasteiger partial charge in [-0.3, -0.25) is 13.9 Å². The average Bonchev–Trinajstić information content (AvgIpc) is 2.98. The van der Waals surface area contributed by atoms with Gasteiger partial charge in [0.15, 0.2) is 0 Å². The summed E-state index contributed by atoms with van der Waals surface area (Å²) in [7, 11) is -4.15.